The van der Waals surface area contributed by atoms with Crippen LogP contribution in [0.1, 0.15) is 39.5 Å². The number of nitrogens with zero attached hydrogens (tertiary/aromatic N) is 1. The Kier molecular flexibility index (Phi) is 7.57. The lowest BCUT2D eigenvalue weighted by Gasteiger charge is -2.17. The quantitative estimate of drug-likeness (QED) is 0.470. The van der Waals surface area contributed by atoms with E-state index in [1.165, 1.54) is 19.1 Å². The average Bonchev–Trinajstić information content (AvgIpc) is 2.78. The van der Waals surface area contributed by atoms with Crippen LogP contribution in [0.5, 0.6) is 0 Å². The third kappa shape index (κ3) is 5.86. The summed E-state index contributed by atoms with van der Waals surface area (Å²) in [6.45, 7) is 6.68. The predicted molar refractivity (Wildman–Crippen MR) is 133 cm³/mol. The molecule has 180 valence electrons. The minimum absolute atomic E-state index is 0.0271. The summed E-state index contributed by atoms with van der Waals surface area (Å²) < 4.78 is 34.1. The summed E-state index contributed by atoms with van der Waals surface area (Å²) in [4.78, 5) is 25.5. The molecule has 0 saturated heterocycles. The molecule has 0 aliphatic heterocycles. The lowest BCUT2D eigenvalue weighted by atomic mass is 10.1. The van der Waals surface area contributed by atoms with Crippen molar-refractivity contribution in [1.29, 1.82) is 5.26 Å². The van der Waals surface area contributed by atoms with E-state index in [1.54, 1.807) is 62.4 Å². The number of amides is 1. The second-order valence-corrected chi connectivity index (χ2v) is 9.69. The van der Waals surface area contributed by atoms with Gasteiger partial charge >= 0.3 is 5.97 Å². The van der Waals surface area contributed by atoms with Crippen molar-refractivity contribution >= 4 is 33.3 Å². The molecule has 0 radical (unpaired) electrons. The molecule has 3 aromatic carbocycles. The maximum absolute atomic E-state index is 13.2. The molecular formula is C26H25N3O5S. The first kappa shape index (κ1) is 25.5. The van der Waals surface area contributed by atoms with E-state index in [9.17, 15) is 23.3 Å². The van der Waals surface area contributed by atoms with Gasteiger partial charge in [0.15, 0.2) is 6.10 Å². The molecule has 1 atom stereocenters. The third-order valence-electron chi connectivity index (χ3n) is 5.22. The van der Waals surface area contributed by atoms with Gasteiger partial charge in [-0.2, -0.15) is 5.26 Å². The van der Waals surface area contributed by atoms with E-state index in [2.05, 4.69) is 10.0 Å². The summed E-state index contributed by atoms with van der Waals surface area (Å²) in [5.74, 6) is -1.51. The number of carbonyl (C=O) groups is 2. The molecule has 8 nitrogen and oxygen atoms in total. The third-order valence-corrected chi connectivity index (χ3v) is 6.89. The van der Waals surface area contributed by atoms with Gasteiger partial charge in [-0.1, -0.05) is 42.0 Å². The Morgan fingerprint density at radius 2 is 1.51 bits per heavy atom. The lowest BCUT2D eigenvalue weighted by Crippen LogP contribution is -2.30. The van der Waals surface area contributed by atoms with Crippen LogP contribution in [0.25, 0.3) is 0 Å². The van der Waals surface area contributed by atoms with Gasteiger partial charge in [0.05, 0.1) is 27.4 Å². The summed E-state index contributed by atoms with van der Waals surface area (Å²) >= 11 is 0. The SMILES string of the molecule is Cc1cc(C)c(S(=O)(=O)Nc2ccccc2C(=O)O[C@H](C)C(=O)Nc2ccccc2C#N)c(C)c1. The first-order valence-corrected chi connectivity index (χ1v) is 12.2. The molecule has 1 amide bonds. The van der Waals surface area contributed by atoms with Gasteiger partial charge in [-0.05, 0) is 63.1 Å². The summed E-state index contributed by atoms with van der Waals surface area (Å²) in [6, 6.07) is 17.9. The molecule has 2 N–H and O–H groups in total. The van der Waals surface area contributed by atoms with Crippen LogP contribution in [0, 0.1) is 32.1 Å². The fourth-order valence-corrected chi connectivity index (χ4v) is 5.27. The van der Waals surface area contributed by atoms with Crippen LogP contribution >= 0.6 is 0 Å². The number of benzene rings is 3. The molecule has 0 heterocycles. The molecule has 0 aliphatic rings. The number of hydrogen-bond acceptors (Lipinski definition) is 6. The number of nitrogens with one attached hydrogen (secondary N) is 2. The number of rotatable bonds is 7. The topological polar surface area (TPSA) is 125 Å². The van der Waals surface area contributed by atoms with Gasteiger partial charge in [0, 0.05) is 0 Å². The molecule has 3 aromatic rings. The molecule has 3 rings (SSSR count). The highest BCUT2D eigenvalue weighted by atomic mass is 32.2. The number of para-hydroxylation sites is 2. The first-order chi connectivity index (χ1) is 16.5. The molecular weight excluding hydrogens is 466 g/mol. The fraction of sp³-hybridized carbons (Fsp3) is 0.192. The number of carbonyl (C=O) groups excluding carboxylic acids is 2. The zero-order valence-corrected chi connectivity index (χ0v) is 20.6. The van der Waals surface area contributed by atoms with E-state index in [1.807, 2.05) is 13.0 Å². The number of esters is 1. The van der Waals surface area contributed by atoms with Crippen molar-refractivity contribution in [2.75, 3.05) is 10.0 Å². The Hall–Kier alpha value is -4.16. The standard InChI is InChI=1S/C26H25N3O5S/c1-16-13-17(2)24(18(3)14-16)35(32,33)29-23-12-8-6-10-21(23)26(31)34-19(4)25(30)28-22-11-7-5-9-20(22)15-27/h5-14,19,29H,1-4H3,(H,28,30)/t19-/m1/s1. The molecule has 0 bridgehead atoms. The van der Waals surface area contributed by atoms with Crippen LogP contribution in [0.15, 0.2) is 65.6 Å². The maximum Gasteiger partial charge on any atom is 0.341 e. The van der Waals surface area contributed by atoms with Gasteiger partial charge in [0.1, 0.15) is 6.07 Å². The van der Waals surface area contributed by atoms with Crippen molar-refractivity contribution < 1.29 is 22.7 Å². The highest BCUT2D eigenvalue weighted by molar-refractivity contribution is 7.92. The highest BCUT2D eigenvalue weighted by Gasteiger charge is 2.25. The van der Waals surface area contributed by atoms with Gasteiger partial charge in [-0.3, -0.25) is 9.52 Å². The number of ether oxygens (including phenoxy) is 1. The van der Waals surface area contributed by atoms with Crippen molar-refractivity contribution in [3.63, 3.8) is 0 Å². The summed E-state index contributed by atoms with van der Waals surface area (Å²) in [5.41, 5.74) is 2.64. The molecule has 0 fully saturated rings. The van der Waals surface area contributed by atoms with E-state index < -0.39 is 28.0 Å². The molecule has 9 heteroatoms. The van der Waals surface area contributed by atoms with Crippen LogP contribution in [0.3, 0.4) is 0 Å². The van der Waals surface area contributed by atoms with Gasteiger partial charge in [-0.25, -0.2) is 13.2 Å². The number of sulfonamides is 1. The Bertz CT molecular complexity index is 1420. The minimum atomic E-state index is -4.01. The van der Waals surface area contributed by atoms with Gasteiger partial charge in [0.2, 0.25) is 0 Å². The number of hydrogen-bond donors (Lipinski definition) is 2. The van der Waals surface area contributed by atoms with Crippen LogP contribution in [0.2, 0.25) is 0 Å². The normalized spacial score (nSPS) is 11.7. The van der Waals surface area contributed by atoms with E-state index in [4.69, 9.17) is 4.74 Å². The first-order valence-electron chi connectivity index (χ1n) is 10.7. The van der Waals surface area contributed by atoms with Crippen molar-refractivity contribution in [2.24, 2.45) is 0 Å². The predicted octanol–water partition coefficient (Wildman–Crippen LogP) is 4.47. The number of aryl methyl sites for hydroxylation is 3. The van der Waals surface area contributed by atoms with E-state index in [0.29, 0.717) is 16.8 Å². The van der Waals surface area contributed by atoms with Crippen molar-refractivity contribution in [2.45, 2.75) is 38.7 Å². The Morgan fingerprint density at radius 1 is 0.943 bits per heavy atom. The van der Waals surface area contributed by atoms with Gasteiger partial charge in [0.25, 0.3) is 15.9 Å². The zero-order chi connectivity index (χ0) is 25.8. The van der Waals surface area contributed by atoms with Crippen molar-refractivity contribution in [3.8, 4) is 6.07 Å². The van der Waals surface area contributed by atoms with E-state index >= 15 is 0 Å². The number of anilines is 2. The van der Waals surface area contributed by atoms with E-state index in [0.717, 1.165) is 5.56 Å². The average molecular weight is 492 g/mol. The second kappa shape index (κ2) is 10.4. The van der Waals surface area contributed by atoms with Gasteiger partial charge in [-0.15, -0.1) is 0 Å². The molecule has 35 heavy (non-hydrogen) atoms. The van der Waals surface area contributed by atoms with Crippen LogP contribution < -0.4 is 10.0 Å². The van der Waals surface area contributed by atoms with Crippen LogP contribution in [-0.4, -0.2) is 26.4 Å². The summed E-state index contributed by atoms with van der Waals surface area (Å²) in [7, 11) is -4.01. The Labute approximate surface area is 204 Å². The maximum atomic E-state index is 13.2. The summed E-state index contributed by atoms with van der Waals surface area (Å²) in [5, 5.41) is 11.7. The smallest absolute Gasteiger partial charge is 0.341 e. The Balaban J connectivity index is 1.80. The molecule has 0 aromatic heterocycles. The largest absolute Gasteiger partial charge is 0.449 e. The zero-order valence-electron chi connectivity index (χ0n) is 19.7. The van der Waals surface area contributed by atoms with Crippen molar-refractivity contribution in [3.05, 3.63) is 88.5 Å². The lowest BCUT2D eigenvalue weighted by molar-refractivity contribution is -0.123. The molecule has 0 aliphatic carbocycles. The molecule has 0 unspecified atom stereocenters. The highest BCUT2D eigenvalue weighted by Crippen LogP contribution is 2.26. The second-order valence-electron chi connectivity index (χ2n) is 8.07. The minimum Gasteiger partial charge on any atom is -0.449 e. The van der Waals surface area contributed by atoms with Gasteiger partial charge < -0.3 is 10.1 Å². The number of nitriles is 1. The van der Waals surface area contributed by atoms with E-state index in [-0.39, 0.29) is 21.7 Å². The van der Waals surface area contributed by atoms with Crippen LogP contribution in [-0.2, 0) is 19.6 Å². The fourth-order valence-electron chi connectivity index (χ4n) is 3.74. The van der Waals surface area contributed by atoms with Crippen LogP contribution in [0.4, 0.5) is 11.4 Å². The summed E-state index contributed by atoms with van der Waals surface area (Å²) in [6.07, 6.45) is -1.21. The van der Waals surface area contributed by atoms with Crippen molar-refractivity contribution in [1.82, 2.24) is 0 Å². The monoisotopic (exact) mass is 491 g/mol. The molecule has 0 saturated carbocycles. The molecule has 0 spiro atoms. The Morgan fingerprint density at radius 3 is 2.14 bits per heavy atom.